The Kier molecular flexibility index (Phi) is 7.41. The van der Waals surface area contributed by atoms with E-state index in [0.29, 0.717) is 6.92 Å². The first-order valence-corrected chi connectivity index (χ1v) is 7.03. The predicted molar refractivity (Wildman–Crippen MR) is 66.4 cm³/mol. The minimum Gasteiger partial charge on any atom is -0.456 e. The third-order valence-electron chi connectivity index (χ3n) is 3.42. The van der Waals surface area contributed by atoms with Crippen LogP contribution in [0.15, 0.2) is 12.2 Å². The Morgan fingerprint density at radius 3 is 1.42 bits per heavy atom. The summed E-state index contributed by atoms with van der Waals surface area (Å²) in [6.45, 7) is 0.351. The highest BCUT2D eigenvalue weighted by molar-refractivity contribution is 5.86. The van der Waals surface area contributed by atoms with Gasteiger partial charge in [-0.3, -0.25) is 0 Å². The third-order valence-corrected chi connectivity index (χ3v) is 3.42. The van der Waals surface area contributed by atoms with Crippen molar-refractivity contribution < 1.29 is 79.8 Å². The van der Waals surface area contributed by atoms with Gasteiger partial charge in [0.15, 0.2) is 6.61 Å². The number of hydrogen-bond acceptors (Lipinski definition) is 2. The Hall–Kier alpha value is -1.91. The second kappa shape index (κ2) is 7.90. The molecular weight excluding hydrogens is 492 g/mol. The average Bonchev–Trinajstić information content (AvgIpc) is 2.56. The van der Waals surface area contributed by atoms with Crippen LogP contribution >= 0.6 is 0 Å². The topological polar surface area (TPSA) is 26.3 Å². The molecule has 0 aromatic carbocycles. The monoisotopic (exact) mass is 500 g/mol. The summed E-state index contributed by atoms with van der Waals surface area (Å²) >= 11 is 0. The van der Waals surface area contributed by atoms with E-state index in [-0.39, 0.29) is 0 Å². The van der Waals surface area contributed by atoms with E-state index in [4.69, 9.17) is 0 Å². The van der Waals surface area contributed by atoms with Gasteiger partial charge in [0.1, 0.15) is 0 Å². The van der Waals surface area contributed by atoms with Crippen molar-refractivity contribution in [3.05, 3.63) is 12.2 Å². The first kappa shape index (κ1) is 29.1. The second-order valence-electron chi connectivity index (χ2n) is 5.89. The van der Waals surface area contributed by atoms with Crippen LogP contribution in [0, 0.1) is 0 Å². The van der Waals surface area contributed by atoms with Crippen molar-refractivity contribution in [3.63, 3.8) is 0 Å². The highest BCUT2D eigenvalue weighted by atomic mass is 19.4. The smallest absolute Gasteiger partial charge is 0.456 e. The van der Waals surface area contributed by atoms with E-state index in [2.05, 4.69) is 11.3 Å². The molecule has 2 nitrogen and oxygen atoms in total. The van der Waals surface area contributed by atoms with Crippen LogP contribution in [-0.2, 0) is 9.53 Å². The van der Waals surface area contributed by atoms with Gasteiger partial charge in [0.25, 0.3) is 0 Å². The van der Waals surface area contributed by atoms with Crippen molar-refractivity contribution >= 4 is 5.97 Å². The number of carbonyl (C=O) groups is 1. The lowest BCUT2D eigenvalue weighted by molar-refractivity contribution is -0.421. The van der Waals surface area contributed by atoms with E-state index < -0.39 is 66.0 Å². The molecule has 0 aromatic rings. The van der Waals surface area contributed by atoms with E-state index in [0.717, 1.165) is 0 Å². The summed E-state index contributed by atoms with van der Waals surface area (Å²) in [5.41, 5.74) is -0.796. The Labute approximate surface area is 160 Å². The molecule has 0 rings (SSSR count). The molecule has 0 aromatic heterocycles. The molecular formula is C13H8F16O2. The van der Waals surface area contributed by atoms with Gasteiger partial charge in [-0.1, -0.05) is 6.58 Å². The summed E-state index contributed by atoms with van der Waals surface area (Å²) in [6.07, 6.45) is -14.3. The van der Waals surface area contributed by atoms with Gasteiger partial charge in [-0.15, -0.1) is 0 Å². The predicted octanol–water partition coefficient (Wildman–Crippen LogP) is 5.82. The molecule has 18 heteroatoms. The van der Waals surface area contributed by atoms with Crippen LogP contribution in [0.5, 0.6) is 0 Å². The molecule has 31 heavy (non-hydrogen) atoms. The van der Waals surface area contributed by atoms with Gasteiger partial charge >= 0.3 is 47.7 Å². The lowest BCUT2D eigenvalue weighted by atomic mass is 9.91. The fourth-order valence-electron chi connectivity index (χ4n) is 1.55. The minimum absolute atomic E-state index is 0.717. The maximum Gasteiger partial charge on any atom is 0.460 e. The molecule has 1 unspecified atom stereocenters. The van der Waals surface area contributed by atoms with Crippen molar-refractivity contribution in [2.45, 2.75) is 54.8 Å². The van der Waals surface area contributed by atoms with Crippen LogP contribution in [-0.4, -0.2) is 60.5 Å². The minimum atomic E-state index is -8.14. The lowest BCUT2D eigenvalue weighted by Crippen LogP contribution is -2.70. The maximum atomic E-state index is 13.4. The standard InChI is InChI=1S/C13H8F16O2/c1-4(2)5(30)31-3-7(15,16)10(21,22)8(17,18)6(14)9(19,20)11(23,24)12(25,26)13(27,28)29/h6H,1,3H2,2H3. The summed E-state index contributed by atoms with van der Waals surface area (Å²) < 4.78 is 210. The Balaban J connectivity index is 6.24. The maximum absolute atomic E-state index is 13.4. The first-order chi connectivity index (χ1) is 13.2. The molecule has 0 aliphatic heterocycles. The van der Waals surface area contributed by atoms with E-state index in [9.17, 15) is 75.0 Å². The van der Waals surface area contributed by atoms with Crippen molar-refractivity contribution in [1.29, 1.82) is 0 Å². The first-order valence-electron chi connectivity index (χ1n) is 7.03. The molecule has 0 saturated carbocycles. The summed E-state index contributed by atoms with van der Waals surface area (Å²) in [5.74, 6) is -47.7. The number of rotatable bonds is 9. The fourth-order valence-corrected chi connectivity index (χ4v) is 1.55. The van der Waals surface area contributed by atoms with Crippen LogP contribution in [0.4, 0.5) is 70.2 Å². The van der Waals surface area contributed by atoms with E-state index >= 15 is 0 Å². The van der Waals surface area contributed by atoms with E-state index in [1.54, 1.807) is 0 Å². The highest BCUT2D eigenvalue weighted by Crippen LogP contribution is 2.59. The summed E-state index contributed by atoms with van der Waals surface area (Å²) in [4.78, 5) is 10.8. The molecule has 184 valence electrons. The van der Waals surface area contributed by atoms with Gasteiger partial charge in [0, 0.05) is 5.57 Å². The number of ether oxygens (including phenoxy) is 1. The zero-order chi connectivity index (χ0) is 25.6. The number of halogens is 16. The van der Waals surface area contributed by atoms with Crippen LogP contribution in [0.3, 0.4) is 0 Å². The Morgan fingerprint density at radius 1 is 0.742 bits per heavy atom. The molecule has 0 amide bonds. The molecule has 1 atom stereocenters. The summed E-state index contributed by atoms with van der Waals surface area (Å²) in [6, 6.07) is 0. The fraction of sp³-hybridized carbons (Fsp3) is 0.769. The Morgan fingerprint density at radius 2 is 1.10 bits per heavy atom. The van der Waals surface area contributed by atoms with Crippen LogP contribution in [0.25, 0.3) is 0 Å². The van der Waals surface area contributed by atoms with Crippen molar-refractivity contribution in [1.82, 2.24) is 0 Å². The van der Waals surface area contributed by atoms with Gasteiger partial charge in [-0.05, 0) is 6.92 Å². The van der Waals surface area contributed by atoms with Crippen molar-refractivity contribution in [2.24, 2.45) is 0 Å². The zero-order valence-electron chi connectivity index (χ0n) is 14.4. The van der Waals surface area contributed by atoms with Crippen LogP contribution < -0.4 is 0 Å². The van der Waals surface area contributed by atoms with Gasteiger partial charge in [-0.25, -0.2) is 9.18 Å². The van der Waals surface area contributed by atoms with Crippen LogP contribution in [0.1, 0.15) is 6.92 Å². The van der Waals surface area contributed by atoms with Gasteiger partial charge in [0.2, 0.25) is 6.17 Å². The lowest BCUT2D eigenvalue weighted by Gasteiger charge is -2.40. The molecule has 0 fully saturated rings. The second-order valence-corrected chi connectivity index (χ2v) is 5.89. The van der Waals surface area contributed by atoms with Crippen molar-refractivity contribution in [3.8, 4) is 0 Å². The summed E-state index contributed by atoms with van der Waals surface area (Å²) in [5, 5.41) is 0. The quantitative estimate of drug-likeness (QED) is 0.227. The van der Waals surface area contributed by atoms with Gasteiger partial charge in [-0.2, -0.15) is 65.9 Å². The van der Waals surface area contributed by atoms with E-state index in [1.807, 2.05) is 0 Å². The molecule has 0 bridgehead atoms. The Bertz CT molecular complexity index is 692. The van der Waals surface area contributed by atoms with Gasteiger partial charge in [0.05, 0.1) is 0 Å². The highest BCUT2D eigenvalue weighted by Gasteiger charge is 2.88. The largest absolute Gasteiger partial charge is 0.460 e. The molecule has 0 aliphatic carbocycles. The molecule has 0 saturated heterocycles. The molecule has 0 heterocycles. The number of alkyl halides is 16. The van der Waals surface area contributed by atoms with Crippen molar-refractivity contribution in [2.75, 3.05) is 6.61 Å². The average molecular weight is 500 g/mol. The molecule has 0 spiro atoms. The number of carbonyl (C=O) groups excluding carboxylic acids is 1. The summed E-state index contributed by atoms with van der Waals surface area (Å²) in [7, 11) is 0. The van der Waals surface area contributed by atoms with Gasteiger partial charge < -0.3 is 4.74 Å². The SMILES string of the molecule is C=C(C)C(=O)OCC(F)(F)C(F)(F)C(F)(F)C(F)C(F)(F)C(F)(F)C(F)(F)C(F)(F)F. The number of hydrogen-bond donors (Lipinski definition) is 0. The normalized spacial score (nSPS) is 16.2. The molecule has 0 aliphatic rings. The van der Waals surface area contributed by atoms with E-state index in [1.165, 1.54) is 0 Å². The number of esters is 1. The zero-order valence-corrected chi connectivity index (χ0v) is 14.4. The third kappa shape index (κ3) is 4.51. The van der Waals surface area contributed by atoms with Crippen LogP contribution in [0.2, 0.25) is 0 Å². The molecule has 0 radical (unpaired) electrons. The molecule has 0 N–H and O–H groups in total.